The summed E-state index contributed by atoms with van der Waals surface area (Å²) in [7, 11) is 0. The first-order valence-electron chi connectivity index (χ1n) is 11.2. The molecule has 2 heterocycles. The van der Waals surface area contributed by atoms with Crippen molar-refractivity contribution in [2.45, 2.75) is 65.2 Å². The summed E-state index contributed by atoms with van der Waals surface area (Å²) in [5, 5.41) is 0. The van der Waals surface area contributed by atoms with E-state index in [1.165, 1.54) is 30.5 Å². The Morgan fingerprint density at radius 2 is 1.75 bits per heavy atom. The fourth-order valence-corrected chi connectivity index (χ4v) is 4.57. The number of rotatable bonds is 7. The minimum Gasteiger partial charge on any atom is -0.343 e. The second-order valence-electron chi connectivity index (χ2n) is 8.59. The fourth-order valence-electron chi connectivity index (χ4n) is 4.57. The predicted molar refractivity (Wildman–Crippen MR) is 114 cm³/mol. The van der Waals surface area contributed by atoms with Gasteiger partial charge in [0.15, 0.2) is 5.78 Å². The van der Waals surface area contributed by atoms with Gasteiger partial charge in [0.05, 0.1) is 0 Å². The highest BCUT2D eigenvalue weighted by atomic mass is 16.2. The second kappa shape index (κ2) is 10.2. The van der Waals surface area contributed by atoms with E-state index in [1.807, 2.05) is 11.0 Å². The Morgan fingerprint density at radius 1 is 1.04 bits per heavy atom. The fraction of sp³-hybridized carbons (Fsp3) is 0.667. The van der Waals surface area contributed by atoms with Crippen LogP contribution in [-0.2, 0) is 17.6 Å². The van der Waals surface area contributed by atoms with Gasteiger partial charge in [-0.1, -0.05) is 25.5 Å². The number of likely N-dealkylation sites (tertiary alicyclic amines) is 1. The Kier molecular flexibility index (Phi) is 7.66. The van der Waals surface area contributed by atoms with Gasteiger partial charge in [0, 0.05) is 45.1 Å². The SMILES string of the molecule is CCCCN1CCc2ccc(C(=O)CCC3CCN(C(C)=O)CC3)cc2CC1. The molecule has 4 heteroatoms. The summed E-state index contributed by atoms with van der Waals surface area (Å²) in [5.41, 5.74) is 3.69. The zero-order valence-corrected chi connectivity index (χ0v) is 17.7. The van der Waals surface area contributed by atoms with Gasteiger partial charge in [-0.2, -0.15) is 0 Å². The zero-order chi connectivity index (χ0) is 19.9. The minimum absolute atomic E-state index is 0.174. The number of benzene rings is 1. The first-order chi connectivity index (χ1) is 13.6. The van der Waals surface area contributed by atoms with Crippen molar-refractivity contribution < 1.29 is 9.59 Å². The molecule has 1 amide bonds. The lowest BCUT2D eigenvalue weighted by atomic mass is 9.89. The van der Waals surface area contributed by atoms with Crippen molar-refractivity contribution in [1.82, 2.24) is 9.80 Å². The number of Topliss-reactive ketones (excluding diaryl/α,β-unsaturated/α-hetero) is 1. The third-order valence-corrected chi connectivity index (χ3v) is 6.59. The Morgan fingerprint density at radius 3 is 2.43 bits per heavy atom. The first kappa shape index (κ1) is 21.0. The van der Waals surface area contributed by atoms with Crippen LogP contribution in [0, 0.1) is 5.92 Å². The largest absolute Gasteiger partial charge is 0.343 e. The van der Waals surface area contributed by atoms with Crippen LogP contribution in [0.3, 0.4) is 0 Å². The van der Waals surface area contributed by atoms with Crippen LogP contribution in [0.15, 0.2) is 18.2 Å². The average molecular weight is 385 g/mol. The van der Waals surface area contributed by atoms with E-state index >= 15 is 0 Å². The number of amides is 1. The third kappa shape index (κ3) is 5.66. The molecule has 0 atom stereocenters. The van der Waals surface area contributed by atoms with Gasteiger partial charge in [-0.05, 0) is 68.2 Å². The Bertz CT molecular complexity index is 677. The highest BCUT2D eigenvalue weighted by molar-refractivity contribution is 5.96. The van der Waals surface area contributed by atoms with Crippen LogP contribution in [0.25, 0.3) is 0 Å². The number of ketones is 1. The molecule has 0 radical (unpaired) electrons. The normalized spacial score (nSPS) is 18.6. The molecule has 0 aliphatic carbocycles. The standard InChI is InChI=1S/C24H36N2O2/c1-3-4-13-25-14-11-21-6-7-23(18-22(21)12-15-25)24(28)8-5-20-9-16-26(17-10-20)19(2)27/h6-7,18,20H,3-5,8-17H2,1-2H3. The number of carbonyl (C=O) groups excluding carboxylic acids is 2. The number of piperidine rings is 1. The molecule has 4 nitrogen and oxygen atoms in total. The molecular formula is C24H36N2O2. The third-order valence-electron chi connectivity index (χ3n) is 6.59. The minimum atomic E-state index is 0.174. The lowest BCUT2D eigenvalue weighted by molar-refractivity contribution is -0.130. The Hall–Kier alpha value is -1.68. The second-order valence-corrected chi connectivity index (χ2v) is 8.59. The van der Waals surface area contributed by atoms with Gasteiger partial charge in [0.25, 0.3) is 0 Å². The monoisotopic (exact) mass is 384 g/mol. The number of nitrogens with zero attached hydrogens (tertiary/aromatic N) is 2. The number of hydrogen-bond acceptors (Lipinski definition) is 3. The van der Waals surface area contributed by atoms with Crippen LogP contribution in [0.5, 0.6) is 0 Å². The molecule has 3 rings (SSSR count). The van der Waals surface area contributed by atoms with E-state index < -0.39 is 0 Å². The van der Waals surface area contributed by atoms with Gasteiger partial charge in [-0.15, -0.1) is 0 Å². The molecule has 1 aromatic rings. The van der Waals surface area contributed by atoms with Crippen molar-refractivity contribution >= 4 is 11.7 Å². The van der Waals surface area contributed by atoms with E-state index in [0.717, 1.165) is 63.8 Å². The molecule has 2 aliphatic heterocycles. The van der Waals surface area contributed by atoms with E-state index in [-0.39, 0.29) is 11.7 Å². The van der Waals surface area contributed by atoms with Crippen LogP contribution >= 0.6 is 0 Å². The van der Waals surface area contributed by atoms with Crippen molar-refractivity contribution in [1.29, 1.82) is 0 Å². The lowest BCUT2D eigenvalue weighted by Crippen LogP contribution is -2.37. The van der Waals surface area contributed by atoms with Gasteiger partial charge >= 0.3 is 0 Å². The van der Waals surface area contributed by atoms with E-state index in [9.17, 15) is 9.59 Å². The summed E-state index contributed by atoms with van der Waals surface area (Å²) < 4.78 is 0. The molecule has 0 N–H and O–H groups in total. The highest BCUT2D eigenvalue weighted by Gasteiger charge is 2.22. The summed E-state index contributed by atoms with van der Waals surface area (Å²) in [5.74, 6) is 1.03. The topological polar surface area (TPSA) is 40.6 Å². The van der Waals surface area contributed by atoms with Crippen molar-refractivity contribution in [3.05, 3.63) is 34.9 Å². The molecular weight excluding hydrogens is 348 g/mol. The molecule has 0 saturated carbocycles. The average Bonchev–Trinajstić information content (AvgIpc) is 2.92. The number of carbonyl (C=O) groups is 2. The van der Waals surface area contributed by atoms with Crippen molar-refractivity contribution in [2.24, 2.45) is 5.92 Å². The smallest absolute Gasteiger partial charge is 0.219 e. The first-order valence-corrected chi connectivity index (χ1v) is 11.2. The van der Waals surface area contributed by atoms with Crippen LogP contribution in [0.2, 0.25) is 0 Å². The summed E-state index contributed by atoms with van der Waals surface area (Å²) >= 11 is 0. The summed E-state index contributed by atoms with van der Waals surface area (Å²) in [6, 6.07) is 6.40. The predicted octanol–water partition coefficient (Wildman–Crippen LogP) is 4.11. The van der Waals surface area contributed by atoms with Crippen LogP contribution < -0.4 is 0 Å². The Labute approximate surface area is 170 Å². The molecule has 2 aliphatic rings. The summed E-state index contributed by atoms with van der Waals surface area (Å²) in [6.07, 6.45) is 8.32. The van der Waals surface area contributed by atoms with Gasteiger partial charge in [0.2, 0.25) is 5.91 Å². The highest BCUT2D eigenvalue weighted by Crippen LogP contribution is 2.24. The molecule has 154 valence electrons. The van der Waals surface area contributed by atoms with E-state index in [4.69, 9.17) is 0 Å². The van der Waals surface area contributed by atoms with E-state index in [0.29, 0.717) is 12.3 Å². The van der Waals surface area contributed by atoms with Gasteiger partial charge in [0.1, 0.15) is 0 Å². The quantitative estimate of drug-likeness (QED) is 0.664. The number of fused-ring (bicyclic) bond motifs is 1. The molecule has 0 bridgehead atoms. The van der Waals surface area contributed by atoms with Crippen LogP contribution in [0.1, 0.15) is 73.9 Å². The van der Waals surface area contributed by atoms with Crippen LogP contribution in [-0.4, -0.2) is 54.2 Å². The van der Waals surface area contributed by atoms with Gasteiger partial charge in [-0.25, -0.2) is 0 Å². The van der Waals surface area contributed by atoms with Gasteiger partial charge < -0.3 is 9.80 Å². The summed E-state index contributed by atoms with van der Waals surface area (Å²) in [4.78, 5) is 28.7. The molecule has 28 heavy (non-hydrogen) atoms. The van der Waals surface area contributed by atoms with Crippen molar-refractivity contribution in [2.75, 3.05) is 32.7 Å². The van der Waals surface area contributed by atoms with E-state index in [2.05, 4.69) is 24.0 Å². The molecule has 0 unspecified atom stereocenters. The van der Waals surface area contributed by atoms with E-state index in [1.54, 1.807) is 6.92 Å². The molecule has 1 saturated heterocycles. The van der Waals surface area contributed by atoms with Gasteiger partial charge in [-0.3, -0.25) is 9.59 Å². The number of hydrogen-bond donors (Lipinski definition) is 0. The van der Waals surface area contributed by atoms with Crippen molar-refractivity contribution in [3.8, 4) is 0 Å². The number of unbranched alkanes of at least 4 members (excludes halogenated alkanes) is 1. The molecule has 1 fully saturated rings. The molecule has 0 spiro atoms. The molecule has 0 aromatic heterocycles. The maximum absolute atomic E-state index is 12.8. The van der Waals surface area contributed by atoms with Crippen LogP contribution in [0.4, 0.5) is 0 Å². The Balaban J connectivity index is 1.50. The maximum atomic E-state index is 12.8. The van der Waals surface area contributed by atoms with Crippen molar-refractivity contribution in [3.63, 3.8) is 0 Å². The lowest BCUT2D eigenvalue weighted by Gasteiger charge is -2.31. The zero-order valence-electron chi connectivity index (χ0n) is 17.7. The summed E-state index contributed by atoms with van der Waals surface area (Å²) in [6.45, 7) is 9.03. The molecule has 1 aromatic carbocycles. The maximum Gasteiger partial charge on any atom is 0.219 e.